The van der Waals surface area contributed by atoms with E-state index in [2.05, 4.69) is 4.98 Å². The molecule has 2 aromatic carbocycles. The summed E-state index contributed by atoms with van der Waals surface area (Å²) in [6.45, 7) is 7.71. The van der Waals surface area contributed by atoms with Crippen molar-refractivity contribution in [3.05, 3.63) is 69.4 Å². The molecule has 0 N–H and O–H groups in total. The van der Waals surface area contributed by atoms with Crippen LogP contribution < -0.4 is 10.5 Å². The standard InChI is InChI=1S/C23H25FN4O2/c1-15-12-19-21(13-16(15)2)28(23(30)17(3)25-19)14-22(29)27-10-8-26(9-11-27)20-7-5-4-6-18(20)24/h4-7,12-13H,8-11,14H2,1-3H3. The van der Waals surface area contributed by atoms with Gasteiger partial charge in [0.1, 0.15) is 18.1 Å². The van der Waals surface area contributed by atoms with Gasteiger partial charge in [0, 0.05) is 26.2 Å². The summed E-state index contributed by atoms with van der Waals surface area (Å²) in [6.07, 6.45) is 0. The fourth-order valence-electron chi connectivity index (χ4n) is 3.92. The zero-order valence-electron chi connectivity index (χ0n) is 17.5. The number of aryl methyl sites for hydroxylation is 3. The maximum absolute atomic E-state index is 14.0. The maximum atomic E-state index is 14.0. The summed E-state index contributed by atoms with van der Waals surface area (Å²) in [5, 5.41) is 0. The Morgan fingerprint density at radius 2 is 1.70 bits per heavy atom. The number of para-hydroxylation sites is 1. The molecule has 3 aromatic rings. The van der Waals surface area contributed by atoms with Gasteiger partial charge in [-0.15, -0.1) is 0 Å². The molecule has 0 spiro atoms. The smallest absolute Gasteiger partial charge is 0.272 e. The molecule has 0 atom stereocenters. The quantitative estimate of drug-likeness (QED) is 0.669. The first-order chi connectivity index (χ1) is 14.3. The summed E-state index contributed by atoms with van der Waals surface area (Å²) in [5.41, 5.74) is 4.22. The van der Waals surface area contributed by atoms with Gasteiger partial charge in [0.05, 0.1) is 16.7 Å². The largest absolute Gasteiger partial charge is 0.366 e. The third kappa shape index (κ3) is 3.67. The lowest BCUT2D eigenvalue weighted by molar-refractivity contribution is -0.132. The van der Waals surface area contributed by atoms with Crippen molar-refractivity contribution in [1.29, 1.82) is 0 Å². The number of piperazine rings is 1. The normalized spacial score (nSPS) is 14.4. The van der Waals surface area contributed by atoms with Crippen LogP contribution in [0.2, 0.25) is 0 Å². The molecule has 0 unspecified atom stereocenters. The Hall–Kier alpha value is -3.22. The van der Waals surface area contributed by atoms with Crippen LogP contribution in [-0.2, 0) is 11.3 Å². The molecular weight excluding hydrogens is 383 g/mol. The molecule has 0 radical (unpaired) electrons. The summed E-state index contributed by atoms with van der Waals surface area (Å²) in [7, 11) is 0. The van der Waals surface area contributed by atoms with E-state index in [0.717, 1.165) is 11.1 Å². The molecule has 2 heterocycles. The van der Waals surface area contributed by atoms with Crippen LogP contribution in [0.25, 0.3) is 11.0 Å². The predicted molar refractivity (Wildman–Crippen MR) is 115 cm³/mol. The van der Waals surface area contributed by atoms with Gasteiger partial charge in [0.15, 0.2) is 0 Å². The fraction of sp³-hybridized carbons (Fsp3) is 0.348. The number of fused-ring (bicyclic) bond motifs is 1. The van der Waals surface area contributed by atoms with E-state index >= 15 is 0 Å². The van der Waals surface area contributed by atoms with E-state index in [9.17, 15) is 14.0 Å². The zero-order valence-corrected chi connectivity index (χ0v) is 17.5. The number of amides is 1. The van der Waals surface area contributed by atoms with Gasteiger partial charge in [-0.1, -0.05) is 12.1 Å². The minimum atomic E-state index is -0.256. The molecular formula is C23H25FN4O2. The number of nitrogens with zero attached hydrogens (tertiary/aromatic N) is 4. The molecule has 1 amide bonds. The first-order valence-corrected chi connectivity index (χ1v) is 10.1. The average molecular weight is 408 g/mol. The second kappa shape index (κ2) is 7.89. The Balaban J connectivity index is 1.54. The zero-order chi connectivity index (χ0) is 21.4. The van der Waals surface area contributed by atoms with Crippen LogP contribution in [0.4, 0.5) is 10.1 Å². The highest BCUT2D eigenvalue weighted by Crippen LogP contribution is 2.21. The Morgan fingerprint density at radius 3 is 2.40 bits per heavy atom. The molecule has 6 nitrogen and oxygen atoms in total. The summed E-state index contributed by atoms with van der Waals surface area (Å²) in [6, 6.07) is 10.5. The van der Waals surface area contributed by atoms with Crippen molar-refractivity contribution in [2.45, 2.75) is 27.3 Å². The van der Waals surface area contributed by atoms with Gasteiger partial charge in [0.2, 0.25) is 5.91 Å². The van der Waals surface area contributed by atoms with Gasteiger partial charge in [-0.25, -0.2) is 9.37 Å². The van der Waals surface area contributed by atoms with Crippen LogP contribution in [0, 0.1) is 26.6 Å². The van der Waals surface area contributed by atoms with Gasteiger partial charge in [-0.3, -0.25) is 14.2 Å². The molecule has 1 aliphatic heterocycles. The molecule has 0 aliphatic carbocycles. The molecule has 1 saturated heterocycles. The molecule has 7 heteroatoms. The molecule has 0 bridgehead atoms. The lowest BCUT2D eigenvalue weighted by atomic mass is 10.1. The third-order valence-electron chi connectivity index (χ3n) is 5.84. The van der Waals surface area contributed by atoms with Crippen molar-refractivity contribution < 1.29 is 9.18 Å². The fourth-order valence-corrected chi connectivity index (χ4v) is 3.92. The number of rotatable bonds is 3. The molecule has 156 valence electrons. The molecule has 30 heavy (non-hydrogen) atoms. The SMILES string of the molecule is Cc1cc2nc(C)c(=O)n(CC(=O)N3CCN(c4ccccc4F)CC3)c2cc1C. The molecule has 1 aliphatic rings. The highest BCUT2D eigenvalue weighted by Gasteiger charge is 2.24. The first-order valence-electron chi connectivity index (χ1n) is 10.1. The van der Waals surface area contributed by atoms with E-state index in [4.69, 9.17) is 0 Å². The van der Waals surface area contributed by atoms with Crippen LogP contribution in [0.5, 0.6) is 0 Å². The van der Waals surface area contributed by atoms with Crippen molar-refractivity contribution in [3.63, 3.8) is 0 Å². The second-order valence-corrected chi connectivity index (χ2v) is 7.83. The number of carbonyl (C=O) groups is 1. The number of anilines is 1. The lowest BCUT2D eigenvalue weighted by Crippen LogP contribution is -2.50. The molecule has 0 saturated carbocycles. The predicted octanol–water partition coefficient (Wildman–Crippen LogP) is 2.81. The summed E-state index contributed by atoms with van der Waals surface area (Å²) >= 11 is 0. The Bertz CT molecular complexity index is 1180. The number of hydrogen-bond donors (Lipinski definition) is 0. The Morgan fingerprint density at radius 1 is 1.03 bits per heavy atom. The van der Waals surface area contributed by atoms with Crippen molar-refractivity contribution >= 4 is 22.6 Å². The second-order valence-electron chi connectivity index (χ2n) is 7.83. The van der Waals surface area contributed by atoms with Gasteiger partial charge >= 0.3 is 0 Å². The van der Waals surface area contributed by atoms with Crippen LogP contribution >= 0.6 is 0 Å². The number of carbonyl (C=O) groups excluding carboxylic acids is 1. The maximum Gasteiger partial charge on any atom is 0.272 e. The number of benzene rings is 2. The van der Waals surface area contributed by atoms with E-state index in [-0.39, 0.29) is 23.8 Å². The van der Waals surface area contributed by atoms with Crippen LogP contribution in [0.15, 0.2) is 41.2 Å². The van der Waals surface area contributed by atoms with Gasteiger partial charge in [0.25, 0.3) is 5.56 Å². The van der Waals surface area contributed by atoms with E-state index in [1.165, 1.54) is 10.6 Å². The van der Waals surface area contributed by atoms with Gasteiger partial charge < -0.3 is 9.80 Å². The molecule has 4 rings (SSSR count). The first kappa shape index (κ1) is 20.1. The average Bonchev–Trinajstić information content (AvgIpc) is 2.73. The molecule has 1 fully saturated rings. The summed E-state index contributed by atoms with van der Waals surface area (Å²) < 4.78 is 15.6. The summed E-state index contributed by atoms with van der Waals surface area (Å²) in [5.74, 6) is -0.372. The lowest BCUT2D eigenvalue weighted by Gasteiger charge is -2.36. The van der Waals surface area contributed by atoms with Crippen molar-refractivity contribution in [2.24, 2.45) is 0 Å². The van der Waals surface area contributed by atoms with Crippen LogP contribution in [0.3, 0.4) is 0 Å². The number of hydrogen-bond acceptors (Lipinski definition) is 4. The highest BCUT2D eigenvalue weighted by molar-refractivity contribution is 5.81. The Labute approximate surface area is 174 Å². The third-order valence-corrected chi connectivity index (χ3v) is 5.84. The van der Waals surface area contributed by atoms with E-state index in [1.54, 1.807) is 24.0 Å². The minimum absolute atomic E-state index is 0.0269. The van der Waals surface area contributed by atoms with E-state index in [0.29, 0.717) is 48.6 Å². The number of aromatic nitrogens is 2. The van der Waals surface area contributed by atoms with Crippen molar-refractivity contribution in [3.8, 4) is 0 Å². The van der Waals surface area contributed by atoms with Crippen molar-refractivity contribution in [1.82, 2.24) is 14.5 Å². The van der Waals surface area contributed by atoms with E-state index < -0.39 is 0 Å². The number of halogens is 1. The topological polar surface area (TPSA) is 58.4 Å². The summed E-state index contributed by atoms with van der Waals surface area (Å²) in [4.78, 5) is 33.8. The van der Waals surface area contributed by atoms with Crippen LogP contribution in [-0.4, -0.2) is 46.5 Å². The molecule has 1 aromatic heterocycles. The van der Waals surface area contributed by atoms with Crippen molar-refractivity contribution in [2.75, 3.05) is 31.1 Å². The van der Waals surface area contributed by atoms with Gasteiger partial charge in [-0.05, 0) is 56.2 Å². The minimum Gasteiger partial charge on any atom is -0.366 e. The van der Waals surface area contributed by atoms with E-state index in [1.807, 2.05) is 36.9 Å². The monoisotopic (exact) mass is 408 g/mol. The Kier molecular flexibility index (Phi) is 5.28. The van der Waals surface area contributed by atoms with Gasteiger partial charge in [-0.2, -0.15) is 0 Å². The highest BCUT2D eigenvalue weighted by atomic mass is 19.1. The van der Waals surface area contributed by atoms with Crippen LogP contribution in [0.1, 0.15) is 16.8 Å².